The molecule has 0 saturated heterocycles. The summed E-state index contributed by atoms with van der Waals surface area (Å²) < 4.78 is 16.6. The summed E-state index contributed by atoms with van der Waals surface area (Å²) in [5.74, 6) is 0.991. The van der Waals surface area contributed by atoms with Gasteiger partial charge in [-0.1, -0.05) is 0 Å². The van der Waals surface area contributed by atoms with E-state index in [1.807, 2.05) is 12.1 Å². The predicted octanol–water partition coefficient (Wildman–Crippen LogP) is 1.79. The number of nitrogens with zero attached hydrogens (tertiary/aromatic N) is 1. The van der Waals surface area contributed by atoms with Gasteiger partial charge in [0, 0.05) is 24.7 Å². The Morgan fingerprint density at radius 1 is 0.971 bits per heavy atom. The van der Waals surface area contributed by atoms with Crippen LogP contribution < -0.4 is 24.8 Å². The zero-order valence-electron chi connectivity index (χ0n) is 19.2. The molecule has 4 rings (SSSR count). The van der Waals surface area contributed by atoms with Gasteiger partial charge in [-0.15, -0.1) is 0 Å². The molecule has 34 heavy (non-hydrogen) atoms. The molecule has 0 bridgehead atoms. The van der Waals surface area contributed by atoms with E-state index in [0.29, 0.717) is 48.7 Å². The largest absolute Gasteiger partial charge is 0.497 e. The smallest absolute Gasteiger partial charge is 0.255 e. The Kier molecular flexibility index (Phi) is 7.51. The van der Waals surface area contributed by atoms with E-state index < -0.39 is 0 Å². The minimum Gasteiger partial charge on any atom is -0.497 e. The van der Waals surface area contributed by atoms with E-state index in [2.05, 4.69) is 10.6 Å². The molecule has 9 heteroatoms. The molecular weight excluding hydrogens is 438 g/mol. The van der Waals surface area contributed by atoms with E-state index in [-0.39, 0.29) is 37.4 Å². The molecule has 2 aromatic rings. The minimum absolute atomic E-state index is 0.0786. The molecule has 0 fully saturated rings. The van der Waals surface area contributed by atoms with Crippen LogP contribution in [0.3, 0.4) is 0 Å². The van der Waals surface area contributed by atoms with Crippen molar-refractivity contribution >= 4 is 17.7 Å². The second-order valence-electron chi connectivity index (χ2n) is 8.17. The van der Waals surface area contributed by atoms with Crippen LogP contribution in [0.25, 0.3) is 0 Å². The number of amides is 3. The van der Waals surface area contributed by atoms with Gasteiger partial charge in [-0.25, -0.2) is 0 Å². The Balaban J connectivity index is 1.48. The molecule has 2 aliphatic rings. The van der Waals surface area contributed by atoms with Gasteiger partial charge in [-0.05, 0) is 55.2 Å². The number of carbonyl (C=O) groups is 3. The zero-order chi connectivity index (χ0) is 23.9. The Labute approximate surface area is 198 Å². The highest BCUT2D eigenvalue weighted by Crippen LogP contribution is 2.27. The molecule has 0 saturated carbocycles. The number of methoxy groups -OCH3 is 1. The molecule has 0 aromatic heterocycles. The van der Waals surface area contributed by atoms with Crippen molar-refractivity contribution in [2.24, 2.45) is 0 Å². The first-order chi connectivity index (χ1) is 16.5. The second-order valence-corrected chi connectivity index (χ2v) is 8.17. The maximum atomic E-state index is 13.2. The summed E-state index contributed by atoms with van der Waals surface area (Å²) in [7, 11) is 1.54. The number of benzene rings is 2. The van der Waals surface area contributed by atoms with Crippen LogP contribution in [0, 0.1) is 0 Å². The first-order valence-electron chi connectivity index (χ1n) is 11.5. The van der Waals surface area contributed by atoms with Gasteiger partial charge >= 0.3 is 0 Å². The molecule has 2 N–H and O–H groups in total. The molecule has 0 unspecified atom stereocenters. The zero-order valence-corrected chi connectivity index (χ0v) is 19.2. The fourth-order valence-corrected chi connectivity index (χ4v) is 4.01. The number of ether oxygens (including phenoxy) is 3. The van der Waals surface area contributed by atoms with Gasteiger partial charge in [-0.3, -0.25) is 14.4 Å². The Morgan fingerprint density at radius 2 is 1.82 bits per heavy atom. The van der Waals surface area contributed by atoms with Crippen molar-refractivity contribution in [3.8, 4) is 17.2 Å². The highest BCUT2D eigenvalue weighted by Gasteiger charge is 2.22. The number of hydrogen-bond acceptors (Lipinski definition) is 6. The van der Waals surface area contributed by atoms with Crippen molar-refractivity contribution in [2.75, 3.05) is 46.5 Å². The molecule has 180 valence electrons. The van der Waals surface area contributed by atoms with Gasteiger partial charge in [-0.2, -0.15) is 0 Å². The standard InChI is InChI=1S/C25H29N3O6/c1-32-19-6-7-20-22(15-19)34-13-10-26-23(29)16-28(11-3-9-27-24(20)30)25(31)18-5-8-21-17(14-18)4-2-12-33-21/h5-8,14-15H,2-4,9-13,16H2,1H3,(H,26,29)(H,27,30). The number of hydrogen-bond donors (Lipinski definition) is 2. The van der Waals surface area contributed by atoms with Crippen molar-refractivity contribution in [1.82, 2.24) is 15.5 Å². The normalized spacial score (nSPS) is 17.0. The fourth-order valence-electron chi connectivity index (χ4n) is 4.01. The van der Waals surface area contributed by atoms with E-state index >= 15 is 0 Å². The number of rotatable bonds is 2. The molecule has 2 aliphatic heterocycles. The quantitative estimate of drug-likeness (QED) is 0.698. The molecule has 0 atom stereocenters. The summed E-state index contributed by atoms with van der Waals surface area (Å²) in [6.07, 6.45) is 2.26. The molecule has 0 radical (unpaired) electrons. The van der Waals surface area contributed by atoms with E-state index in [0.717, 1.165) is 24.2 Å². The Morgan fingerprint density at radius 3 is 2.68 bits per heavy atom. The van der Waals surface area contributed by atoms with Gasteiger partial charge in [0.2, 0.25) is 5.91 Å². The van der Waals surface area contributed by atoms with Crippen LogP contribution in [0.2, 0.25) is 0 Å². The lowest BCUT2D eigenvalue weighted by atomic mass is 10.0. The van der Waals surface area contributed by atoms with Crippen LogP contribution in [-0.2, 0) is 11.2 Å². The summed E-state index contributed by atoms with van der Waals surface area (Å²) in [5, 5.41) is 5.65. The lowest BCUT2D eigenvalue weighted by Crippen LogP contribution is -2.43. The van der Waals surface area contributed by atoms with Crippen LogP contribution in [0.4, 0.5) is 0 Å². The fraction of sp³-hybridized carbons (Fsp3) is 0.400. The van der Waals surface area contributed by atoms with Crippen molar-refractivity contribution in [3.63, 3.8) is 0 Å². The lowest BCUT2D eigenvalue weighted by molar-refractivity contribution is -0.121. The molecule has 2 aromatic carbocycles. The van der Waals surface area contributed by atoms with Gasteiger partial charge in [0.05, 0.1) is 32.4 Å². The van der Waals surface area contributed by atoms with E-state index in [1.54, 1.807) is 24.3 Å². The average Bonchev–Trinajstić information content (AvgIpc) is 2.87. The van der Waals surface area contributed by atoms with Crippen molar-refractivity contribution in [1.29, 1.82) is 0 Å². The third-order valence-electron chi connectivity index (χ3n) is 5.78. The van der Waals surface area contributed by atoms with Crippen LogP contribution in [0.15, 0.2) is 36.4 Å². The van der Waals surface area contributed by atoms with Gasteiger partial charge in [0.1, 0.15) is 23.9 Å². The number of carbonyl (C=O) groups excluding carboxylic acids is 3. The van der Waals surface area contributed by atoms with Gasteiger partial charge < -0.3 is 29.7 Å². The van der Waals surface area contributed by atoms with Crippen LogP contribution in [-0.4, -0.2) is 69.1 Å². The minimum atomic E-state index is -0.273. The Bertz CT molecular complexity index is 1070. The average molecular weight is 468 g/mol. The maximum absolute atomic E-state index is 13.2. The van der Waals surface area contributed by atoms with E-state index in [1.165, 1.54) is 12.0 Å². The van der Waals surface area contributed by atoms with Crippen LogP contribution in [0.5, 0.6) is 17.2 Å². The van der Waals surface area contributed by atoms with Crippen LogP contribution in [0.1, 0.15) is 39.1 Å². The third kappa shape index (κ3) is 5.59. The number of nitrogens with one attached hydrogen (secondary N) is 2. The summed E-state index contributed by atoms with van der Waals surface area (Å²) in [5.41, 5.74) is 1.91. The summed E-state index contributed by atoms with van der Waals surface area (Å²) in [4.78, 5) is 40.0. The lowest BCUT2D eigenvalue weighted by Gasteiger charge is -2.24. The first-order valence-corrected chi connectivity index (χ1v) is 11.5. The summed E-state index contributed by atoms with van der Waals surface area (Å²) in [6, 6.07) is 10.4. The maximum Gasteiger partial charge on any atom is 0.255 e. The molecule has 3 amide bonds. The van der Waals surface area contributed by atoms with E-state index in [9.17, 15) is 14.4 Å². The SMILES string of the molecule is COc1ccc2c(c1)OCCNC(=O)CN(C(=O)c1ccc3c(c1)CCCO3)CCCNC2=O. The highest BCUT2D eigenvalue weighted by molar-refractivity contribution is 5.98. The van der Waals surface area contributed by atoms with Crippen molar-refractivity contribution in [3.05, 3.63) is 53.1 Å². The molecule has 0 spiro atoms. The monoisotopic (exact) mass is 467 g/mol. The van der Waals surface area contributed by atoms with Crippen LogP contribution >= 0.6 is 0 Å². The topological polar surface area (TPSA) is 106 Å². The van der Waals surface area contributed by atoms with Gasteiger partial charge in [0.25, 0.3) is 11.8 Å². The summed E-state index contributed by atoms with van der Waals surface area (Å²) in [6.45, 7) is 1.66. The second kappa shape index (κ2) is 10.9. The predicted molar refractivity (Wildman–Crippen MR) is 125 cm³/mol. The number of fused-ring (bicyclic) bond motifs is 2. The highest BCUT2D eigenvalue weighted by atomic mass is 16.5. The molecule has 0 aliphatic carbocycles. The first kappa shape index (κ1) is 23.4. The Hall–Kier alpha value is -3.75. The van der Waals surface area contributed by atoms with Crippen molar-refractivity contribution in [2.45, 2.75) is 19.3 Å². The number of aryl methyl sites for hydroxylation is 1. The molecule has 2 heterocycles. The molecular formula is C25H29N3O6. The van der Waals surface area contributed by atoms with E-state index in [4.69, 9.17) is 14.2 Å². The van der Waals surface area contributed by atoms with Gasteiger partial charge in [0.15, 0.2) is 0 Å². The van der Waals surface area contributed by atoms with Crippen molar-refractivity contribution < 1.29 is 28.6 Å². The third-order valence-corrected chi connectivity index (χ3v) is 5.78. The molecule has 9 nitrogen and oxygen atoms in total. The summed E-state index contributed by atoms with van der Waals surface area (Å²) >= 11 is 0.